The lowest BCUT2D eigenvalue weighted by Crippen LogP contribution is -2.45. The van der Waals surface area contributed by atoms with E-state index in [1.54, 1.807) is 6.07 Å². The molecule has 0 aliphatic carbocycles. The van der Waals surface area contributed by atoms with E-state index in [1.165, 1.54) is 0 Å². The zero-order valence-corrected chi connectivity index (χ0v) is 12.5. The smallest absolute Gasteiger partial charge is 0.333 e. The maximum Gasteiger partial charge on any atom is 0.333 e. The van der Waals surface area contributed by atoms with Gasteiger partial charge >= 0.3 is 12.1 Å². The van der Waals surface area contributed by atoms with Crippen LogP contribution in [0.15, 0.2) is 6.07 Å². The Kier molecular flexibility index (Phi) is 5.12. The molecule has 0 saturated carbocycles. The minimum absolute atomic E-state index is 0.416. The Morgan fingerprint density at radius 1 is 1.05 bits per heavy atom. The number of aryl methyl sites for hydroxylation is 1. The topological polar surface area (TPSA) is 145 Å². The van der Waals surface area contributed by atoms with Crippen molar-refractivity contribution in [1.82, 2.24) is 0 Å². The molecule has 1 aromatic rings. The SMILES string of the molecule is CCc1cc(N(N)C(N)=O)c(CC)c(N(N)C(N)=O)c1C. The highest BCUT2D eigenvalue weighted by Crippen LogP contribution is 2.35. The summed E-state index contributed by atoms with van der Waals surface area (Å²) in [4.78, 5) is 22.8. The van der Waals surface area contributed by atoms with Crippen LogP contribution < -0.4 is 33.2 Å². The number of carbonyl (C=O) groups is 2. The zero-order chi connectivity index (χ0) is 16.3. The van der Waals surface area contributed by atoms with Crippen LogP contribution in [0.5, 0.6) is 0 Å². The number of anilines is 2. The molecule has 0 aromatic heterocycles. The van der Waals surface area contributed by atoms with Crippen molar-refractivity contribution in [2.24, 2.45) is 23.2 Å². The molecule has 0 radical (unpaired) electrons. The van der Waals surface area contributed by atoms with Crippen LogP contribution in [0.25, 0.3) is 0 Å². The fourth-order valence-corrected chi connectivity index (χ4v) is 2.35. The van der Waals surface area contributed by atoms with Crippen LogP contribution >= 0.6 is 0 Å². The molecule has 0 atom stereocenters. The van der Waals surface area contributed by atoms with Crippen molar-refractivity contribution in [3.05, 3.63) is 22.8 Å². The number of amides is 4. The van der Waals surface area contributed by atoms with Crippen LogP contribution in [-0.4, -0.2) is 12.1 Å². The number of hydrogen-bond acceptors (Lipinski definition) is 4. The minimum atomic E-state index is -0.802. The van der Waals surface area contributed by atoms with Gasteiger partial charge in [-0.2, -0.15) is 0 Å². The van der Waals surface area contributed by atoms with Crippen LogP contribution in [0.1, 0.15) is 30.5 Å². The zero-order valence-electron chi connectivity index (χ0n) is 12.5. The molecular formula is C13H22N6O2. The highest BCUT2D eigenvalue weighted by atomic mass is 16.2. The van der Waals surface area contributed by atoms with Gasteiger partial charge in [-0.05, 0) is 37.0 Å². The van der Waals surface area contributed by atoms with Gasteiger partial charge in [0, 0.05) is 5.56 Å². The molecule has 0 saturated heterocycles. The third-order valence-corrected chi connectivity index (χ3v) is 3.45. The van der Waals surface area contributed by atoms with Gasteiger partial charge in [0.25, 0.3) is 0 Å². The number of benzene rings is 1. The standard InChI is InChI=1S/C13H22N6O2/c1-4-8-6-10(18(16)12(14)20)9(5-2)11(7(8)3)19(17)13(15)21/h6H,4-5,16-17H2,1-3H3,(H2,14,20)(H2,15,21). The fourth-order valence-electron chi connectivity index (χ4n) is 2.35. The Morgan fingerprint density at radius 2 is 1.57 bits per heavy atom. The van der Waals surface area contributed by atoms with E-state index in [9.17, 15) is 9.59 Å². The number of primary amides is 2. The molecule has 0 heterocycles. The average Bonchev–Trinajstić information content (AvgIpc) is 2.44. The molecule has 4 amide bonds. The second kappa shape index (κ2) is 6.42. The quantitative estimate of drug-likeness (QED) is 0.366. The molecule has 0 spiro atoms. The van der Waals surface area contributed by atoms with Gasteiger partial charge in [-0.3, -0.25) is 0 Å². The summed E-state index contributed by atoms with van der Waals surface area (Å²) in [7, 11) is 0. The highest BCUT2D eigenvalue weighted by molar-refractivity contribution is 5.96. The molecule has 0 unspecified atom stereocenters. The van der Waals surface area contributed by atoms with Gasteiger partial charge in [0.05, 0.1) is 11.4 Å². The molecule has 1 aromatic carbocycles. The van der Waals surface area contributed by atoms with E-state index in [-0.39, 0.29) is 0 Å². The van der Waals surface area contributed by atoms with Crippen molar-refractivity contribution in [2.45, 2.75) is 33.6 Å². The van der Waals surface area contributed by atoms with Crippen molar-refractivity contribution < 1.29 is 9.59 Å². The van der Waals surface area contributed by atoms with Gasteiger partial charge in [0.2, 0.25) is 0 Å². The van der Waals surface area contributed by atoms with Crippen molar-refractivity contribution in [1.29, 1.82) is 0 Å². The predicted molar refractivity (Wildman–Crippen MR) is 82.4 cm³/mol. The first-order valence-corrected chi connectivity index (χ1v) is 6.60. The van der Waals surface area contributed by atoms with Crippen molar-refractivity contribution in [3.8, 4) is 0 Å². The monoisotopic (exact) mass is 294 g/mol. The Morgan fingerprint density at radius 3 is 1.95 bits per heavy atom. The van der Waals surface area contributed by atoms with E-state index in [2.05, 4.69) is 0 Å². The van der Waals surface area contributed by atoms with Crippen LogP contribution in [-0.2, 0) is 12.8 Å². The number of urea groups is 2. The lowest BCUT2D eigenvalue weighted by molar-refractivity contribution is 0.253. The third kappa shape index (κ3) is 3.06. The highest BCUT2D eigenvalue weighted by Gasteiger charge is 2.23. The maximum absolute atomic E-state index is 11.4. The van der Waals surface area contributed by atoms with E-state index in [0.717, 1.165) is 21.1 Å². The fraction of sp³-hybridized carbons (Fsp3) is 0.385. The number of hydrogen-bond donors (Lipinski definition) is 4. The Balaban J connectivity index is 3.71. The van der Waals surface area contributed by atoms with E-state index in [4.69, 9.17) is 23.2 Å². The number of nitrogens with two attached hydrogens (primary N) is 4. The minimum Gasteiger partial charge on any atom is -0.350 e. The molecule has 21 heavy (non-hydrogen) atoms. The molecule has 116 valence electrons. The van der Waals surface area contributed by atoms with Gasteiger partial charge in [-0.1, -0.05) is 13.8 Å². The summed E-state index contributed by atoms with van der Waals surface area (Å²) in [5.74, 6) is 11.5. The van der Waals surface area contributed by atoms with Gasteiger partial charge in [0.1, 0.15) is 0 Å². The summed E-state index contributed by atoms with van der Waals surface area (Å²) in [6.45, 7) is 5.64. The van der Waals surface area contributed by atoms with Crippen LogP contribution in [0.3, 0.4) is 0 Å². The lowest BCUT2D eigenvalue weighted by atomic mass is 9.96. The van der Waals surface area contributed by atoms with Crippen LogP contribution in [0, 0.1) is 6.92 Å². The van der Waals surface area contributed by atoms with E-state index in [0.29, 0.717) is 29.8 Å². The Labute approximate surface area is 123 Å². The second-order valence-electron chi connectivity index (χ2n) is 4.63. The largest absolute Gasteiger partial charge is 0.350 e. The second-order valence-corrected chi connectivity index (χ2v) is 4.63. The Hall–Kier alpha value is -2.32. The summed E-state index contributed by atoms with van der Waals surface area (Å²) in [5, 5.41) is 1.71. The van der Waals surface area contributed by atoms with Gasteiger partial charge in [-0.25, -0.2) is 31.3 Å². The normalized spacial score (nSPS) is 10.3. The summed E-state index contributed by atoms with van der Waals surface area (Å²) >= 11 is 0. The van der Waals surface area contributed by atoms with E-state index >= 15 is 0 Å². The maximum atomic E-state index is 11.4. The number of nitrogens with zero attached hydrogens (tertiary/aromatic N) is 2. The Bertz CT molecular complexity index is 572. The number of hydrazine groups is 2. The molecule has 1 rings (SSSR count). The van der Waals surface area contributed by atoms with E-state index in [1.807, 2.05) is 20.8 Å². The first-order chi connectivity index (χ1) is 9.76. The molecule has 0 aliphatic heterocycles. The molecular weight excluding hydrogens is 272 g/mol. The molecule has 8 heteroatoms. The van der Waals surface area contributed by atoms with Gasteiger partial charge in [0.15, 0.2) is 0 Å². The third-order valence-electron chi connectivity index (χ3n) is 3.45. The van der Waals surface area contributed by atoms with Crippen molar-refractivity contribution >= 4 is 23.4 Å². The predicted octanol–water partition coefficient (Wildman–Crippen LogP) is 0.637. The number of rotatable bonds is 4. The lowest BCUT2D eigenvalue weighted by Gasteiger charge is -2.27. The van der Waals surface area contributed by atoms with Crippen LogP contribution in [0.2, 0.25) is 0 Å². The van der Waals surface area contributed by atoms with Crippen LogP contribution in [0.4, 0.5) is 21.0 Å². The summed E-state index contributed by atoms with van der Waals surface area (Å²) in [6, 6.07) is 0.177. The first-order valence-electron chi connectivity index (χ1n) is 6.60. The van der Waals surface area contributed by atoms with E-state index < -0.39 is 12.1 Å². The van der Waals surface area contributed by atoms with Crippen molar-refractivity contribution in [3.63, 3.8) is 0 Å². The van der Waals surface area contributed by atoms with Gasteiger partial charge in [-0.15, -0.1) is 0 Å². The molecule has 0 fully saturated rings. The van der Waals surface area contributed by atoms with Gasteiger partial charge < -0.3 is 11.5 Å². The van der Waals surface area contributed by atoms with Crippen molar-refractivity contribution in [2.75, 3.05) is 10.0 Å². The molecule has 0 bridgehead atoms. The average molecular weight is 294 g/mol. The molecule has 8 N–H and O–H groups in total. The summed E-state index contributed by atoms with van der Waals surface area (Å²) in [5.41, 5.74) is 13.7. The molecule has 0 aliphatic rings. The number of carbonyl (C=O) groups excluding carboxylic acids is 2. The first kappa shape index (κ1) is 16.7. The summed E-state index contributed by atoms with van der Waals surface area (Å²) in [6.07, 6.45) is 1.17. The molecule has 8 nitrogen and oxygen atoms in total. The summed E-state index contributed by atoms with van der Waals surface area (Å²) < 4.78 is 0.